The number of nitriles is 1. The predicted octanol–water partition coefficient (Wildman–Crippen LogP) is 15.0. The third kappa shape index (κ3) is 6.35. The van der Waals surface area contributed by atoms with E-state index in [1.807, 2.05) is 48.5 Å². The van der Waals surface area contributed by atoms with Gasteiger partial charge in [-0.1, -0.05) is 145 Å². The molecule has 4 heterocycles. The minimum absolute atomic E-state index is 0.0517. The molecule has 0 unspecified atom stereocenters. The molecule has 0 spiro atoms. The van der Waals surface area contributed by atoms with Crippen molar-refractivity contribution in [2.45, 2.75) is 52.4 Å². The molecular weight excluding hydrogens is 819 g/mol. The third-order valence-corrected chi connectivity index (χ3v) is 13.4. The molecule has 0 saturated heterocycles. The molecule has 322 valence electrons. The van der Waals surface area contributed by atoms with Crippen molar-refractivity contribution in [3.63, 3.8) is 0 Å². The smallest absolute Gasteiger partial charge is 0.238 e. The van der Waals surface area contributed by atoms with E-state index in [9.17, 15) is 5.26 Å². The lowest BCUT2D eigenvalue weighted by atomic mass is 9.85. The van der Waals surface area contributed by atoms with Crippen LogP contribution in [0.3, 0.4) is 0 Å². The number of hydrogen-bond acceptors (Lipinski definition) is 4. The third-order valence-electron chi connectivity index (χ3n) is 13.4. The van der Waals surface area contributed by atoms with Crippen molar-refractivity contribution in [1.82, 2.24) is 28.7 Å². The zero-order chi connectivity index (χ0) is 45.8. The highest BCUT2D eigenvalue weighted by Crippen LogP contribution is 2.44. The summed E-state index contributed by atoms with van der Waals surface area (Å²) in [7, 11) is 0. The molecule has 7 nitrogen and oxygen atoms in total. The van der Waals surface area contributed by atoms with E-state index in [4.69, 9.17) is 15.0 Å². The largest absolute Gasteiger partial charge is 0.309 e. The lowest BCUT2D eigenvalue weighted by Crippen LogP contribution is -2.11. The van der Waals surface area contributed by atoms with Crippen LogP contribution in [0.5, 0.6) is 0 Å². The Labute approximate surface area is 388 Å². The first-order chi connectivity index (χ1) is 32.5. The monoisotopic (exact) mass is 865 g/mol. The SMILES string of the molecule is CC(C)(C)c1ccc2c(c1)c1cc(C(C)(C)C)ccc1n2-c1nc(-c2ccccc2)nc(-c2cc(C#N)ccc2-n2c3ccccc3c3c2ccc2c4ccccc4n(-c4ccccc4)c23)n1. The lowest BCUT2D eigenvalue weighted by Gasteiger charge is -2.19. The lowest BCUT2D eigenvalue weighted by molar-refractivity contribution is 0.590. The first-order valence-electron chi connectivity index (χ1n) is 22.9. The zero-order valence-corrected chi connectivity index (χ0v) is 38.4. The van der Waals surface area contributed by atoms with Crippen LogP contribution < -0.4 is 0 Å². The van der Waals surface area contributed by atoms with Gasteiger partial charge in [-0.3, -0.25) is 4.57 Å². The second kappa shape index (κ2) is 14.8. The summed E-state index contributed by atoms with van der Waals surface area (Å²) >= 11 is 0. The van der Waals surface area contributed by atoms with Crippen LogP contribution in [0.1, 0.15) is 58.2 Å². The van der Waals surface area contributed by atoms with Crippen LogP contribution in [0, 0.1) is 11.3 Å². The highest BCUT2D eigenvalue weighted by Gasteiger charge is 2.26. The number of nitrogens with zero attached hydrogens (tertiary/aromatic N) is 7. The molecule has 0 saturated carbocycles. The van der Waals surface area contributed by atoms with E-state index in [1.165, 1.54) is 21.9 Å². The van der Waals surface area contributed by atoms with Crippen molar-refractivity contribution < 1.29 is 0 Å². The Morgan fingerprint density at radius 2 is 0.985 bits per heavy atom. The van der Waals surface area contributed by atoms with Gasteiger partial charge in [0.25, 0.3) is 0 Å². The maximum atomic E-state index is 10.5. The molecule has 0 aliphatic rings. The van der Waals surface area contributed by atoms with Gasteiger partial charge in [-0.25, -0.2) is 4.98 Å². The molecule has 0 fully saturated rings. The topological polar surface area (TPSA) is 77.2 Å². The minimum atomic E-state index is -0.0517. The van der Waals surface area contributed by atoms with Crippen LogP contribution in [0.2, 0.25) is 0 Å². The Morgan fingerprint density at radius 3 is 1.63 bits per heavy atom. The molecule has 12 rings (SSSR count). The molecule has 0 radical (unpaired) electrons. The zero-order valence-electron chi connectivity index (χ0n) is 38.4. The molecule has 0 atom stereocenters. The van der Waals surface area contributed by atoms with Crippen LogP contribution in [-0.2, 0) is 10.8 Å². The van der Waals surface area contributed by atoms with E-state index in [0.29, 0.717) is 23.2 Å². The van der Waals surface area contributed by atoms with Gasteiger partial charge in [-0.15, -0.1) is 0 Å². The van der Waals surface area contributed by atoms with Gasteiger partial charge in [0.2, 0.25) is 5.95 Å². The van der Waals surface area contributed by atoms with Crippen LogP contribution >= 0.6 is 0 Å². The normalized spacial score (nSPS) is 12.3. The number of hydrogen-bond donors (Lipinski definition) is 0. The molecule has 0 aliphatic heterocycles. The van der Waals surface area contributed by atoms with Gasteiger partial charge in [0.1, 0.15) is 0 Å². The summed E-state index contributed by atoms with van der Waals surface area (Å²) < 4.78 is 6.91. The number of aromatic nitrogens is 6. The van der Waals surface area contributed by atoms with Crippen molar-refractivity contribution in [2.75, 3.05) is 0 Å². The van der Waals surface area contributed by atoms with E-state index in [2.05, 4.69) is 189 Å². The molecule has 0 amide bonds. The van der Waals surface area contributed by atoms with Crippen molar-refractivity contribution in [1.29, 1.82) is 5.26 Å². The van der Waals surface area contributed by atoms with Crippen LogP contribution in [-0.4, -0.2) is 28.7 Å². The maximum absolute atomic E-state index is 10.5. The standard InChI is InChI=1S/C60H47N7/c1-59(2,3)39-26-30-50-45(34-39)46-35-40(60(4,5)6)27-31-51(46)67(50)58-63-56(38-17-9-7-10-18-38)62-57(64-58)47-33-37(36-61)25-29-52(47)66-49-24-16-14-22-44(49)54-53(66)32-28-43-42-21-13-15-23-48(42)65(55(43)54)41-19-11-8-12-20-41/h7-35H,1-6H3. The summed E-state index contributed by atoms with van der Waals surface area (Å²) in [6.07, 6.45) is 0. The first-order valence-corrected chi connectivity index (χ1v) is 22.9. The van der Waals surface area contributed by atoms with Gasteiger partial charge < -0.3 is 9.13 Å². The average molecular weight is 866 g/mol. The number of benzene rings is 8. The first kappa shape index (κ1) is 40.2. The van der Waals surface area contributed by atoms with Gasteiger partial charge in [0.05, 0.1) is 50.4 Å². The number of para-hydroxylation sites is 3. The number of fused-ring (bicyclic) bond motifs is 10. The second-order valence-corrected chi connectivity index (χ2v) is 19.7. The fourth-order valence-electron chi connectivity index (χ4n) is 10.1. The number of rotatable bonds is 5. The Balaban J connectivity index is 1.17. The minimum Gasteiger partial charge on any atom is -0.309 e. The summed E-state index contributed by atoms with van der Waals surface area (Å²) in [5, 5.41) is 17.4. The molecule has 4 aromatic heterocycles. The summed E-state index contributed by atoms with van der Waals surface area (Å²) in [5.74, 6) is 1.51. The average Bonchev–Trinajstić information content (AvgIpc) is 3.99. The fourth-order valence-corrected chi connectivity index (χ4v) is 10.1. The van der Waals surface area contributed by atoms with Crippen LogP contribution in [0.4, 0.5) is 0 Å². The van der Waals surface area contributed by atoms with Crippen molar-refractivity contribution in [3.8, 4) is 46.2 Å². The van der Waals surface area contributed by atoms with Crippen LogP contribution in [0.15, 0.2) is 176 Å². The molecule has 8 aromatic carbocycles. The van der Waals surface area contributed by atoms with Gasteiger partial charge in [0.15, 0.2) is 11.6 Å². The van der Waals surface area contributed by atoms with E-state index in [-0.39, 0.29) is 10.8 Å². The molecule has 67 heavy (non-hydrogen) atoms. The van der Waals surface area contributed by atoms with Crippen LogP contribution in [0.25, 0.3) is 106 Å². The molecular formula is C60H47N7. The summed E-state index contributed by atoms with van der Waals surface area (Å²) in [4.78, 5) is 16.1. The Bertz CT molecular complexity index is 3930. The molecule has 7 heteroatoms. The highest BCUT2D eigenvalue weighted by atomic mass is 15.2. The van der Waals surface area contributed by atoms with Gasteiger partial charge >= 0.3 is 0 Å². The van der Waals surface area contributed by atoms with Gasteiger partial charge in [-0.05, 0) is 94.8 Å². The summed E-state index contributed by atoms with van der Waals surface area (Å²) in [6, 6.07) is 64.3. The molecule has 0 N–H and O–H groups in total. The van der Waals surface area contributed by atoms with Crippen molar-refractivity contribution >= 4 is 65.4 Å². The molecule has 12 aromatic rings. The molecule has 0 aliphatic carbocycles. The highest BCUT2D eigenvalue weighted by molar-refractivity contribution is 6.26. The summed E-state index contributed by atoms with van der Waals surface area (Å²) in [5.41, 5.74) is 12.8. The van der Waals surface area contributed by atoms with Gasteiger partial charge in [-0.2, -0.15) is 15.2 Å². The van der Waals surface area contributed by atoms with E-state index in [0.717, 1.165) is 77.1 Å². The maximum Gasteiger partial charge on any atom is 0.238 e. The Morgan fingerprint density at radius 1 is 0.433 bits per heavy atom. The quantitative estimate of drug-likeness (QED) is 0.173. The second-order valence-electron chi connectivity index (χ2n) is 19.7. The van der Waals surface area contributed by atoms with Gasteiger partial charge in [0, 0.05) is 49.1 Å². The van der Waals surface area contributed by atoms with E-state index < -0.39 is 0 Å². The van der Waals surface area contributed by atoms with E-state index in [1.54, 1.807) is 0 Å². The van der Waals surface area contributed by atoms with Crippen molar-refractivity contribution in [3.05, 3.63) is 193 Å². The fraction of sp³-hybridized carbons (Fsp3) is 0.133. The predicted molar refractivity (Wildman–Crippen MR) is 276 cm³/mol. The van der Waals surface area contributed by atoms with E-state index >= 15 is 0 Å². The molecule has 0 bridgehead atoms. The Kier molecular flexibility index (Phi) is 8.91. The van der Waals surface area contributed by atoms with Crippen molar-refractivity contribution in [2.24, 2.45) is 0 Å². The summed E-state index contributed by atoms with van der Waals surface area (Å²) in [6.45, 7) is 13.5. The Hall–Kier alpha value is -8.34.